The van der Waals surface area contributed by atoms with Crippen LogP contribution < -0.4 is 11.3 Å². The third-order valence-electron chi connectivity index (χ3n) is 5.55. The molecule has 2 aromatic heterocycles. The van der Waals surface area contributed by atoms with Gasteiger partial charge in [0.2, 0.25) is 0 Å². The summed E-state index contributed by atoms with van der Waals surface area (Å²) in [6.45, 7) is 4.52. The van der Waals surface area contributed by atoms with Crippen molar-refractivity contribution < 1.29 is 0 Å². The van der Waals surface area contributed by atoms with Crippen molar-refractivity contribution in [3.63, 3.8) is 0 Å². The van der Waals surface area contributed by atoms with Gasteiger partial charge in [-0.1, -0.05) is 30.3 Å². The minimum Gasteiger partial charge on any atom is -0.402 e. The Labute approximate surface area is 176 Å². The van der Waals surface area contributed by atoms with Crippen LogP contribution in [0.1, 0.15) is 23.6 Å². The first-order chi connectivity index (χ1) is 14.6. The first kappa shape index (κ1) is 20.0. The first-order valence-corrected chi connectivity index (χ1v) is 10.2. The zero-order chi connectivity index (χ0) is 21.1. The van der Waals surface area contributed by atoms with Gasteiger partial charge in [-0.3, -0.25) is 19.3 Å². The topological polar surface area (TPSA) is 76.5 Å². The lowest BCUT2D eigenvalue weighted by Gasteiger charge is -2.29. The van der Waals surface area contributed by atoms with Gasteiger partial charge in [0.05, 0.1) is 12.3 Å². The van der Waals surface area contributed by atoms with Crippen LogP contribution in [0.4, 0.5) is 0 Å². The predicted octanol–water partition coefficient (Wildman–Crippen LogP) is 2.74. The second-order valence-corrected chi connectivity index (χ2v) is 7.77. The molecular formula is C24H27N5O. The van der Waals surface area contributed by atoms with Crippen LogP contribution in [0.15, 0.2) is 70.2 Å². The summed E-state index contributed by atoms with van der Waals surface area (Å²) in [4.78, 5) is 24.7. The van der Waals surface area contributed by atoms with Crippen LogP contribution in [0.5, 0.6) is 0 Å². The molecule has 4 rings (SSSR count). The summed E-state index contributed by atoms with van der Waals surface area (Å²) in [6.07, 6.45) is 4.48. The van der Waals surface area contributed by atoms with Crippen LogP contribution in [-0.2, 0) is 19.5 Å². The number of benzene rings is 1. The average Bonchev–Trinajstić information content (AvgIpc) is 2.76. The maximum atomic E-state index is 13.5. The fourth-order valence-electron chi connectivity index (χ4n) is 4.14. The third-order valence-corrected chi connectivity index (χ3v) is 5.55. The number of aliphatic imine (C=N–C) groups is 1. The molecule has 6 nitrogen and oxygen atoms in total. The molecule has 0 radical (unpaired) electrons. The van der Waals surface area contributed by atoms with E-state index in [2.05, 4.69) is 20.9 Å². The summed E-state index contributed by atoms with van der Waals surface area (Å²) < 4.78 is 1.81. The van der Waals surface area contributed by atoms with Crippen molar-refractivity contribution in [2.75, 3.05) is 20.1 Å². The molecule has 0 saturated carbocycles. The minimum atomic E-state index is 0.0466. The number of aromatic nitrogens is 2. The van der Waals surface area contributed by atoms with E-state index in [9.17, 15) is 4.79 Å². The molecule has 0 bridgehead atoms. The molecule has 0 atom stereocenters. The highest BCUT2D eigenvalue weighted by Crippen LogP contribution is 2.24. The molecule has 2 N–H and O–H groups in total. The van der Waals surface area contributed by atoms with Crippen LogP contribution in [0.2, 0.25) is 0 Å². The van der Waals surface area contributed by atoms with Gasteiger partial charge in [-0.2, -0.15) is 0 Å². The molecular weight excluding hydrogens is 374 g/mol. The molecule has 0 unspecified atom stereocenters. The van der Waals surface area contributed by atoms with Gasteiger partial charge in [-0.25, -0.2) is 4.98 Å². The number of nitrogens with two attached hydrogens (primary N) is 1. The van der Waals surface area contributed by atoms with Gasteiger partial charge in [-0.05, 0) is 42.7 Å². The van der Waals surface area contributed by atoms with E-state index in [4.69, 9.17) is 5.73 Å². The SMILES string of the molecule is CN=C(C=C(C)N)CN1CCc2c(c(=O)n(Cc3ccccc3)c3ncccc23)C1. The zero-order valence-corrected chi connectivity index (χ0v) is 17.5. The molecule has 0 saturated heterocycles. The van der Waals surface area contributed by atoms with E-state index in [0.717, 1.165) is 52.1 Å². The Kier molecular flexibility index (Phi) is 5.77. The lowest BCUT2D eigenvalue weighted by Crippen LogP contribution is -2.39. The highest BCUT2D eigenvalue weighted by molar-refractivity contribution is 5.97. The van der Waals surface area contributed by atoms with Crippen molar-refractivity contribution in [1.29, 1.82) is 0 Å². The molecule has 3 heterocycles. The Morgan fingerprint density at radius 3 is 2.73 bits per heavy atom. The molecule has 3 aromatic rings. The third kappa shape index (κ3) is 4.04. The lowest BCUT2D eigenvalue weighted by molar-refractivity contribution is 0.289. The Hall–Kier alpha value is -3.25. The molecule has 6 heteroatoms. The van der Waals surface area contributed by atoms with E-state index in [1.807, 2.05) is 54.0 Å². The zero-order valence-electron chi connectivity index (χ0n) is 17.5. The fraction of sp³-hybridized carbons (Fsp3) is 0.292. The van der Waals surface area contributed by atoms with Gasteiger partial charge in [0.15, 0.2) is 0 Å². The van der Waals surface area contributed by atoms with Crippen LogP contribution in [0.25, 0.3) is 11.0 Å². The number of allylic oxidation sites excluding steroid dienone is 1. The summed E-state index contributed by atoms with van der Waals surface area (Å²) in [5.41, 5.74) is 11.4. The fourth-order valence-corrected chi connectivity index (χ4v) is 4.14. The molecule has 154 valence electrons. The molecule has 1 aliphatic heterocycles. The van der Waals surface area contributed by atoms with Crippen LogP contribution in [0.3, 0.4) is 0 Å². The smallest absolute Gasteiger partial charge is 0.257 e. The van der Waals surface area contributed by atoms with Gasteiger partial charge in [-0.15, -0.1) is 0 Å². The van der Waals surface area contributed by atoms with E-state index >= 15 is 0 Å². The number of fused-ring (bicyclic) bond motifs is 3. The standard InChI is InChI=1S/C24H27N5O/c1-17(25)13-19(26-2)15-28-12-10-20-21-9-6-11-27-23(21)29(24(30)22(20)16-28)14-18-7-4-3-5-8-18/h3-9,11,13H,10,12,14-16,25H2,1-2H3. The summed E-state index contributed by atoms with van der Waals surface area (Å²) in [5.74, 6) is 0. The highest BCUT2D eigenvalue weighted by atomic mass is 16.1. The molecule has 0 fully saturated rings. The maximum absolute atomic E-state index is 13.5. The maximum Gasteiger partial charge on any atom is 0.257 e. The van der Waals surface area contributed by atoms with Crippen molar-refractivity contribution in [2.24, 2.45) is 10.7 Å². The molecule has 30 heavy (non-hydrogen) atoms. The van der Waals surface area contributed by atoms with Gasteiger partial charge in [0, 0.05) is 49.5 Å². The Balaban J connectivity index is 1.75. The van der Waals surface area contributed by atoms with Crippen molar-refractivity contribution in [3.8, 4) is 0 Å². The molecule has 0 amide bonds. The van der Waals surface area contributed by atoms with Crippen LogP contribution in [0, 0.1) is 0 Å². The van der Waals surface area contributed by atoms with E-state index in [1.165, 1.54) is 0 Å². The summed E-state index contributed by atoms with van der Waals surface area (Å²) in [6, 6.07) is 14.1. The molecule has 1 aromatic carbocycles. The number of hydrogen-bond acceptors (Lipinski definition) is 5. The van der Waals surface area contributed by atoms with Gasteiger partial charge in [0.1, 0.15) is 5.65 Å². The summed E-state index contributed by atoms with van der Waals surface area (Å²) in [7, 11) is 1.78. The number of pyridine rings is 2. The Bertz CT molecular complexity index is 1170. The van der Waals surface area contributed by atoms with E-state index in [0.29, 0.717) is 19.6 Å². The summed E-state index contributed by atoms with van der Waals surface area (Å²) >= 11 is 0. The van der Waals surface area contributed by atoms with Crippen molar-refractivity contribution >= 4 is 16.7 Å². The van der Waals surface area contributed by atoms with Crippen molar-refractivity contribution in [1.82, 2.24) is 14.5 Å². The second kappa shape index (κ2) is 8.63. The second-order valence-electron chi connectivity index (χ2n) is 7.77. The first-order valence-electron chi connectivity index (χ1n) is 10.2. The lowest BCUT2D eigenvalue weighted by atomic mass is 9.97. The van der Waals surface area contributed by atoms with Gasteiger partial charge >= 0.3 is 0 Å². The Morgan fingerprint density at radius 2 is 2.00 bits per heavy atom. The van der Waals surface area contributed by atoms with Crippen LogP contribution in [-0.4, -0.2) is 40.3 Å². The van der Waals surface area contributed by atoms with E-state index in [-0.39, 0.29) is 5.56 Å². The number of hydrogen-bond donors (Lipinski definition) is 1. The van der Waals surface area contributed by atoms with Gasteiger partial charge < -0.3 is 5.73 Å². The highest BCUT2D eigenvalue weighted by Gasteiger charge is 2.24. The molecule has 0 aliphatic carbocycles. The van der Waals surface area contributed by atoms with Crippen molar-refractivity contribution in [3.05, 3.63) is 87.5 Å². The minimum absolute atomic E-state index is 0.0466. The quantitative estimate of drug-likeness (QED) is 0.667. The van der Waals surface area contributed by atoms with Gasteiger partial charge in [0.25, 0.3) is 5.56 Å². The molecule has 0 spiro atoms. The number of rotatable bonds is 5. The molecule has 1 aliphatic rings. The number of nitrogens with zero attached hydrogens (tertiary/aromatic N) is 4. The largest absolute Gasteiger partial charge is 0.402 e. The van der Waals surface area contributed by atoms with Crippen molar-refractivity contribution in [2.45, 2.75) is 26.4 Å². The Morgan fingerprint density at radius 1 is 1.20 bits per heavy atom. The monoisotopic (exact) mass is 401 g/mol. The van der Waals surface area contributed by atoms with E-state index in [1.54, 1.807) is 13.2 Å². The van der Waals surface area contributed by atoms with E-state index < -0.39 is 0 Å². The average molecular weight is 402 g/mol. The summed E-state index contributed by atoms with van der Waals surface area (Å²) in [5, 5.41) is 1.07. The predicted molar refractivity (Wildman–Crippen MR) is 122 cm³/mol. The van der Waals surface area contributed by atoms with Crippen LogP contribution >= 0.6 is 0 Å². The normalized spacial score (nSPS) is 15.4.